The first-order valence-corrected chi connectivity index (χ1v) is 9.94. The van der Waals surface area contributed by atoms with E-state index in [1.807, 2.05) is 6.92 Å². The van der Waals surface area contributed by atoms with E-state index in [-0.39, 0.29) is 23.4 Å². The van der Waals surface area contributed by atoms with Crippen LogP contribution in [0.15, 0.2) is 42.1 Å². The van der Waals surface area contributed by atoms with Crippen molar-refractivity contribution in [1.29, 1.82) is 0 Å². The van der Waals surface area contributed by atoms with Gasteiger partial charge in [0.2, 0.25) is 11.8 Å². The fraction of sp³-hybridized carbons (Fsp3) is 0.368. The Morgan fingerprint density at radius 2 is 2.04 bits per heavy atom. The number of carbonyl (C=O) groups excluding carboxylic acids is 2. The lowest BCUT2D eigenvalue weighted by Gasteiger charge is -2.13. The van der Waals surface area contributed by atoms with Crippen LogP contribution < -0.4 is 10.6 Å². The molecule has 0 aliphatic carbocycles. The minimum absolute atomic E-state index is 0.0874. The number of nitrogens with zero attached hydrogens (tertiary/aromatic N) is 3. The highest BCUT2D eigenvalue weighted by Gasteiger charge is 2.18. The van der Waals surface area contributed by atoms with Gasteiger partial charge in [0.15, 0.2) is 11.0 Å². The zero-order valence-corrected chi connectivity index (χ0v) is 16.8. The van der Waals surface area contributed by atoms with Gasteiger partial charge in [-0.2, -0.15) is 0 Å². The van der Waals surface area contributed by atoms with Crippen LogP contribution >= 0.6 is 11.8 Å². The molecule has 0 saturated heterocycles. The van der Waals surface area contributed by atoms with Crippen molar-refractivity contribution in [3.05, 3.63) is 42.7 Å². The smallest absolute Gasteiger partial charge is 0.242 e. The summed E-state index contributed by atoms with van der Waals surface area (Å²) in [5.74, 6) is -0.171. The SMILES string of the molecule is C=CCn1c(SCC(=O)N[C@@H](C)C(=O)NCCC)nnc1-c1ccc(F)cc1. The van der Waals surface area contributed by atoms with E-state index in [4.69, 9.17) is 0 Å². The molecule has 7 nitrogen and oxygen atoms in total. The van der Waals surface area contributed by atoms with Gasteiger partial charge in [-0.1, -0.05) is 24.8 Å². The number of amides is 2. The van der Waals surface area contributed by atoms with E-state index in [9.17, 15) is 14.0 Å². The molecule has 0 bridgehead atoms. The number of halogens is 1. The summed E-state index contributed by atoms with van der Waals surface area (Å²) in [6, 6.07) is 5.34. The number of carbonyl (C=O) groups is 2. The monoisotopic (exact) mass is 405 g/mol. The highest BCUT2D eigenvalue weighted by Crippen LogP contribution is 2.24. The van der Waals surface area contributed by atoms with Crippen LogP contribution in [0.3, 0.4) is 0 Å². The number of benzene rings is 1. The zero-order chi connectivity index (χ0) is 20.5. The Morgan fingerprint density at radius 1 is 1.32 bits per heavy atom. The van der Waals surface area contributed by atoms with Crippen LogP contribution in [0.4, 0.5) is 4.39 Å². The minimum Gasteiger partial charge on any atom is -0.354 e. The molecule has 2 aromatic rings. The normalized spacial score (nSPS) is 11.7. The van der Waals surface area contributed by atoms with Crippen LogP contribution in [-0.4, -0.2) is 44.9 Å². The quantitative estimate of drug-likeness (QED) is 0.468. The van der Waals surface area contributed by atoms with E-state index >= 15 is 0 Å². The maximum absolute atomic E-state index is 13.2. The van der Waals surface area contributed by atoms with Crippen molar-refractivity contribution in [2.75, 3.05) is 12.3 Å². The van der Waals surface area contributed by atoms with Gasteiger partial charge in [0.1, 0.15) is 11.9 Å². The molecule has 28 heavy (non-hydrogen) atoms. The summed E-state index contributed by atoms with van der Waals surface area (Å²) in [6.07, 6.45) is 2.53. The second-order valence-electron chi connectivity index (χ2n) is 6.08. The van der Waals surface area contributed by atoms with Crippen LogP contribution in [0.2, 0.25) is 0 Å². The maximum atomic E-state index is 13.2. The lowest BCUT2D eigenvalue weighted by molar-refractivity contribution is -0.127. The number of hydrogen-bond donors (Lipinski definition) is 2. The fourth-order valence-corrected chi connectivity index (χ4v) is 3.14. The lowest BCUT2D eigenvalue weighted by Crippen LogP contribution is -2.45. The molecule has 0 fully saturated rings. The highest BCUT2D eigenvalue weighted by molar-refractivity contribution is 7.99. The van der Waals surface area contributed by atoms with Gasteiger partial charge in [-0.05, 0) is 37.6 Å². The number of rotatable bonds is 10. The largest absolute Gasteiger partial charge is 0.354 e. The first-order valence-electron chi connectivity index (χ1n) is 8.96. The van der Waals surface area contributed by atoms with Crippen LogP contribution in [0.5, 0.6) is 0 Å². The zero-order valence-electron chi connectivity index (χ0n) is 15.9. The molecule has 2 amide bonds. The van der Waals surface area contributed by atoms with Gasteiger partial charge in [-0.15, -0.1) is 16.8 Å². The van der Waals surface area contributed by atoms with E-state index in [1.165, 1.54) is 23.9 Å². The average molecular weight is 405 g/mol. The molecule has 0 aliphatic heterocycles. The summed E-state index contributed by atoms with van der Waals surface area (Å²) in [5.41, 5.74) is 0.716. The molecule has 1 aromatic carbocycles. The topological polar surface area (TPSA) is 88.9 Å². The number of thioether (sulfide) groups is 1. The molecular formula is C19H24FN5O2S. The van der Waals surface area contributed by atoms with Crippen molar-refractivity contribution < 1.29 is 14.0 Å². The second kappa shape index (κ2) is 10.6. The molecule has 0 unspecified atom stereocenters. The van der Waals surface area contributed by atoms with Crippen LogP contribution in [0, 0.1) is 5.82 Å². The van der Waals surface area contributed by atoms with Crippen molar-refractivity contribution >= 4 is 23.6 Å². The number of hydrogen-bond acceptors (Lipinski definition) is 5. The van der Waals surface area contributed by atoms with Gasteiger partial charge >= 0.3 is 0 Å². The summed E-state index contributed by atoms with van der Waals surface area (Å²) < 4.78 is 15.0. The van der Waals surface area contributed by atoms with Crippen LogP contribution in [-0.2, 0) is 16.1 Å². The summed E-state index contributed by atoms with van der Waals surface area (Å²) >= 11 is 1.21. The van der Waals surface area contributed by atoms with Crippen LogP contribution in [0.1, 0.15) is 20.3 Å². The second-order valence-corrected chi connectivity index (χ2v) is 7.02. The predicted octanol–water partition coefficient (Wildman–Crippen LogP) is 2.39. The summed E-state index contributed by atoms with van der Waals surface area (Å²) in [4.78, 5) is 24.0. The van der Waals surface area contributed by atoms with Gasteiger partial charge in [0, 0.05) is 18.7 Å². The Kier molecular flexibility index (Phi) is 8.19. The van der Waals surface area contributed by atoms with Crippen LogP contribution in [0.25, 0.3) is 11.4 Å². The molecule has 0 spiro atoms. The summed E-state index contributed by atoms with van der Waals surface area (Å²) in [6.45, 7) is 8.35. The molecular weight excluding hydrogens is 381 g/mol. The predicted molar refractivity (Wildman–Crippen MR) is 107 cm³/mol. The third-order valence-corrected chi connectivity index (χ3v) is 4.75. The molecule has 1 atom stereocenters. The van der Waals surface area contributed by atoms with Crippen molar-refractivity contribution in [2.45, 2.75) is 38.0 Å². The molecule has 2 rings (SSSR count). The Morgan fingerprint density at radius 3 is 2.68 bits per heavy atom. The van der Waals surface area contributed by atoms with Gasteiger partial charge in [0.25, 0.3) is 0 Å². The minimum atomic E-state index is -0.611. The van der Waals surface area contributed by atoms with E-state index < -0.39 is 6.04 Å². The summed E-state index contributed by atoms with van der Waals surface area (Å²) in [5, 5.41) is 14.2. The standard InChI is InChI=1S/C19H24FN5O2S/c1-4-10-21-18(27)13(3)22-16(26)12-28-19-24-23-17(25(19)11-5-2)14-6-8-15(20)9-7-14/h5-9,13H,2,4,10-12H2,1,3H3,(H,21,27)(H,22,26)/t13-/m0/s1. The van der Waals surface area contributed by atoms with Crippen molar-refractivity contribution in [3.8, 4) is 11.4 Å². The molecule has 9 heteroatoms. The Hall–Kier alpha value is -2.68. The molecule has 0 radical (unpaired) electrons. The first kappa shape index (κ1) is 21.6. The van der Waals surface area contributed by atoms with E-state index in [0.29, 0.717) is 29.6 Å². The molecule has 0 saturated carbocycles. The molecule has 0 aliphatic rings. The third kappa shape index (κ3) is 5.91. The van der Waals surface area contributed by atoms with Gasteiger partial charge in [-0.3, -0.25) is 14.2 Å². The fourth-order valence-electron chi connectivity index (χ4n) is 2.38. The molecule has 150 valence electrons. The highest BCUT2D eigenvalue weighted by atomic mass is 32.2. The average Bonchev–Trinajstić information content (AvgIpc) is 3.08. The van der Waals surface area contributed by atoms with Crippen molar-refractivity contribution in [2.24, 2.45) is 0 Å². The van der Waals surface area contributed by atoms with Gasteiger partial charge in [0.05, 0.1) is 5.75 Å². The molecule has 1 aromatic heterocycles. The third-order valence-electron chi connectivity index (χ3n) is 3.78. The Bertz CT molecular complexity index is 822. The Labute approximate surface area is 167 Å². The van der Waals surface area contributed by atoms with Gasteiger partial charge < -0.3 is 10.6 Å². The van der Waals surface area contributed by atoms with E-state index in [1.54, 1.807) is 29.7 Å². The molecule has 1 heterocycles. The van der Waals surface area contributed by atoms with Gasteiger partial charge in [-0.25, -0.2) is 4.39 Å². The lowest BCUT2D eigenvalue weighted by atomic mass is 10.2. The van der Waals surface area contributed by atoms with E-state index in [0.717, 1.165) is 6.42 Å². The maximum Gasteiger partial charge on any atom is 0.242 e. The molecule has 2 N–H and O–H groups in total. The number of allylic oxidation sites excluding steroid dienone is 1. The van der Waals surface area contributed by atoms with Crippen molar-refractivity contribution in [1.82, 2.24) is 25.4 Å². The Balaban J connectivity index is 2.02. The van der Waals surface area contributed by atoms with E-state index in [2.05, 4.69) is 27.4 Å². The summed E-state index contributed by atoms with van der Waals surface area (Å²) in [7, 11) is 0. The number of aromatic nitrogens is 3. The van der Waals surface area contributed by atoms with Crippen molar-refractivity contribution in [3.63, 3.8) is 0 Å². The first-order chi connectivity index (χ1) is 13.5. The number of nitrogens with one attached hydrogen (secondary N) is 2.